The summed E-state index contributed by atoms with van der Waals surface area (Å²) in [6.45, 7) is 3.79. The molecular formula is C15H18N3O. The minimum atomic E-state index is -0.177. The van der Waals surface area contributed by atoms with Crippen LogP contribution in [-0.2, 0) is 4.79 Å². The van der Waals surface area contributed by atoms with Crippen LogP contribution in [0.4, 0.5) is 0 Å². The predicted molar refractivity (Wildman–Crippen MR) is 77.4 cm³/mol. The number of hydrogen-bond donors (Lipinski definition) is 1. The number of nitrogens with one attached hydrogen (secondary N) is 1. The van der Waals surface area contributed by atoms with Crippen molar-refractivity contribution in [2.45, 2.75) is 13.8 Å². The maximum atomic E-state index is 12.0. The van der Waals surface area contributed by atoms with E-state index < -0.39 is 0 Å². The largest absolute Gasteiger partial charge is 0.268 e. The van der Waals surface area contributed by atoms with Gasteiger partial charge in [-0.3, -0.25) is 9.78 Å². The Labute approximate surface area is 114 Å². The van der Waals surface area contributed by atoms with Crippen molar-refractivity contribution in [3.05, 3.63) is 60.3 Å². The summed E-state index contributed by atoms with van der Waals surface area (Å²) in [6.07, 6.45) is 9.27. The lowest BCUT2D eigenvalue weighted by Crippen LogP contribution is -2.25. The minimum absolute atomic E-state index is 0. The summed E-state index contributed by atoms with van der Waals surface area (Å²) in [5, 5.41) is 4.08. The van der Waals surface area contributed by atoms with Crippen LogP contribution in [0, 0.1) is 12.3 Å². The molecule has 0 aliphatic heterocycles. The third-order valence-corrected chi connectivity index (χ3v) is 2.90. The number of carbonyl (C=O) groups excluding carboxylic acids is 1. The van der Waals surface area contributed by atoms with Crippen LogP contribution in [0.15, 0.2) is 53.3 Å². The molecule has 4 nitrogen and oxygen atoms in total. The van der Waals surface area contributed by atoms with Crippen LogP contribution in [0.3, 0.4) is 0 Å². The number of amides is 1. The number of hydrazone groups is 1. The maximum Gasteiger partial charge on any atom is 0.267 e. The Bertz CT molecular complexity index is 549. The number of pyridine rings is 1. The highest BCUT2D eigenvalue weighted by Gasteiger charge is 2.17. The highest BCUT2D eigenvalue weighted by molar-refractivity contribution is 5.99. The van der Waals surface area contributed by atoms with Crippen molar-refractivity contribution in [2.75, 3.05) is 0 Å². The Morgan fingerprint density at radius 2 is 2.26 bits per heavy atom. The molecule has 19 heavy (non-hydrogen) atoms. The summed E-state index contributed by atoms with van der Waals surface area (Å²) in [5.41, 5.74) is 4.70. The van der Waals surface area contributed by atoms with E-state index in [1.165, 1.54) is 0 Å². The van der Waals surface area contributed by atoms with E-state index in [0.717, 1.165) is 5.69 Å². The van der Waals surface area contributed by atoms with Gasteiger partial charge in [0.1, 0.15) is 0 Å². The molecule has 1 aromatic heterocycles. The van der Waals surface area contributed by atoms with E-state index in [-0.39, 0.29) is 13.3 Å². The van der Waals surface area contributed by atoms with Crippen LogP contribution in [-0.4, -0.2) is 16.6 Å². The first-order chi connectivity index (χ1) is 9.18. The van der Waals surface area contributed by atoms with E-state index in [1.807, 2.05) is 56.7 Å². The molecule has 0 fully saturated rings. The fraction of sp³-hybridized carbons (Fsp3) is 0.200. The highest BCUT2D eigenvalue weighted by Crippen LogP contribution is 2.18. The molecule has 0 saturated heterocycles. The van der Waals surface area contributed by atoms with Gasteiger partial charge in [0.15, 0.2) is 0 Å². The van der Waals surface area contributed by atoms with Crippen molar-refractivity contribution >= 4 is 11.6 Å². The van der Waals surface area contributed by atoms with Crippen molar-refractivity contribution in [1.29, 1.82) is 0 Å². The van der Waals surface area contributed by atoms with Gasteiger partial charge in [-0.05, 0) is 31.4 Å². The molecule has 0 spiro atoms. The Kier molecular flexibility index (Phi) is 4.23. The first-order valence-electron chi connectivity index (χ1n) is 6.16. The summed E-state index contributed by atoms with van der Waals surface area (Å²) in [6, 6.07) is 5.57. The van der Waals surface area contributed by atoms with Crippen molar-refractivity contribution in [3.8, 4) is 0 Å². The fourth-order valence-corrected chi connectivity index (χ4v) is 1.76. The highest BCUT2D eigenvalue weighted by atomic mass is 16.2. The molecule has 1 aliphatic carbocycles. The van der Waals surface area contributed by atoms with Gasteiger partial charge < -0.3 is 0 Å². The van der Waals surface area contributed by atoms with Gasteiger partial charge in [-0.15, -0.1) is 0 Å². The van der Waals surface area contributed by atoms with Gasteiger partial charge in [0.05, 0.1) is 11.4 Å². The Balaban J connectivity index is 0.00000200. The third kappa shape index (κ3) is 3.37. The summed E-state index contributed by atoms with van der Waals surface area (Å²) in [7, 11) is 0. The molecule has 1 radical (unpaired) electrons. The standard InChI is InChI=1S/C15H16N3O.H2/c1-11-7-3-4-8-13(11)15(19)18-17-12(2)14-9-5-6-10-16-14;/h3-11H,1-2H3,(H,18,19);1H/b17-12+;. The van der Waals surface area contributed by atoms with Crippen LogP contribution in [0.1, 0.15) is 21.0 Å². The van der Waals surface area contributed by atoms with Crippen LogP contribution < -0.4 is 5.43 Å². The molecular weight excluding hydrogens is 238 g/mol. The van der Waals surface area contributed by atoms with E-state index >= 15 is 0 Å². The molecule has 1 amide bonds. The fourth-order valence-electron chi connectivity index (χ4n) is 1.76. The quantitative estimate of drug-likeness (QED) is 0.667. The number of nitrogens with zero attached hydrogens (tertiary/aromatic N) is 2. The Morgan fingerprint density at radius 3 is 2.95 bits per heavy atom. The maximum absolute atomic E-state index is 12.0. The summed E-state index contributed by atoms with van der Waals surface area (Å²) < 4.78 is 0. The monoisotopic (exact) mass is 256 g/mol. The average Bonchev–Trinajstić information content (AvgIpc) is 2.46. The Morgan fingerprint density at radius 1 is 1.42 bits per heavy atom. The van der Waals surface area contributed by atoms with E-state index in [4.69, 9.17) is 0 Å². The second kappa shape index (κ2) is 6.09. The van der Waals surface area contributed by atoms with E-state index in [2.05, 4.69) is 15.5 Å². The van der Waals surface area contributed by atoms with E-state index in [1.54, 1.807) is 6.20 Å². The number of hydrogen-bond acceptors (Lipinski definition) is 3. The van der Waals surface area contributed by atoms with Gasteiger partial charge >= 0.3 is 0 Å². The summed E-state index contributed by atoms with van der Waals surface area (Å²) >= 11 is 0. The van der Waals surface area contributed by atoms with Gasteiger partial charge in [-0.2, -0.15) is 5.10 Å². The molecule has 1 unspecified atom stereocenters. The minimum Gasteiger partial charge on any atom is -0.268 e. The van der Waals surface area contributed by atoms with Crippen LogP contribution in [0.5, 0.6) is 0 Å². The smallest absolute Gasteiger partial charge is 0.267 e. The molecule has 0 saturated carbocycles. The third-order valence-electron chi connectivity index (χ3n) is 2.90. The molecule has 1 atom stereocenters. The van der Waals surface area contributed by atoms with Crippen LogP contribution >= 0.6 is 0 Å². The van der Waals surface area contributed by atoms with Gasteiger partial charge in [-0.25, -0.2) is 5.43 Å². The molecule has 0 aromatic carbocycles. The molecule has 0 bridgehead atoms. The van der Waals surface area contributed by atoms with Gasteiger partial charge in [-0.1, -0.05) is 31.2 Å². The molecule has 1 N–H and O–H groups in total. The van der Waals surface area contributed by atoms with Crippen LogP contribution in [0.25, 0.3) is 0 Å². The van der Waals surface area contributed by atoms with E-state index in [9.17, 15) is 4.79 Å². The normalized spacial score (nSPS) is 18.9. The lowest BCUT2D eigenvalue weighted by molar-refractivity contribution is -0.117. The number of allylic oxidation sites excluding steroid dienone is 3. The first kappa shape index (κ1) is 13.2. The Hall–Kier alpha value is -2.23. The molecule has 1 heterocycles. The zero-order valence-corrected chi connectivity index (χ0v) is 11.0. The molecule has 99 valence electrons. The van der Waals surface area contributed by atoms with Gasteiger partial charge in [0, 0.05) is 13.2 Å². The van der Waals surface area contributed by atoms with Gasteiger partial charge in [0.25, 0.3) is 5.91 Å². The van der Waals surface area contributed by atoms with Crippen molar-refractivity contribution in [2.24, 2.45) is 11.0 Å². The zero-order chi connectivity index (χ0) is 13.7. The SMILES string of the molecule is C/C(=N\NC(=O)C1=CC=C[CH]C1C)c1ccccn1.[HH]. The lowest BCUT2D eigenvalue weighted by Gasteiger charge is -2.14. The molecule has 4 heteroatoms. The van der Waals surface area contributed by atoms with Crippen molar-refractivity contribution < 1.29 is 6.22 Å². The van der Waals surface area contributed by atoms with E-state index in [0.29, 0.717) is 11.3 Å². The predicted octanol–water partition coefficient (Wildman–Crippen LogP) is 2.50. The molecule has 2 rings (SSSR count). The summed E-state index contributed by atoms with van der Waals surface area (Å²) in [4.78, 5) is 16.2. The number of carbonyl (C=O) groups is 1. The topological polar surface area (TPSA) is 54.4 Å². The molecule has 1 aromatic rings. The summed E-state index contributed by atoms with van der Waals surface area (Å²) in [5.74, 6) is -0.0706. The number of rotatable bonds is 3. The second-order valence-electron chi connectivity index (χ2n) is 4.34. The van der Waals surface area contributed by atoms with Gasteiger partial charge in [0.2, 0.25) is 0 Å². The average molecular weight is 256 g/mol. The van der Waals surface area contributed by atoms with Crippen molar-refractivity contribution in [3.63, 3.8) is 0 Å². The second-order valence-corrected chi connectivity index (χ2v) is 4.34. The van der Waals surface area contributed by atoms with Crippen molar-refractivity contribution in [1.82, 2.24) is 10.4 Å². The zero-order valence-electron chi connectivity index (χ0n) is 11.0. The lowest BCUT2D eigenvalue weighted by atomic mass is 9.93. The number of aromatic nitrogens is 1. The molecule has 1 aliphatic rings. The first-order valence-corrected chi connectivity index (χ1v) is 6.16. The van der Waals surface area contributed by atoms with Crippen LogP contribution in [0.2, 0.25) is 0 Å².